The van der Waals surface area contributed by atoms with E-state index in [9.17, 15) is 8.42 Å². The number of rotatable bonds is 8. The van der Waals surface area contributed by atoms with Gasteiger partial charge in [-0.15, -0.1) is 10.2 Å². The van der Waals surface area contributed by atoms with Gasteiger partial charge in [-0.2, -0.15) is 0 Å². The molecule has 28 heavy (non-hydrogen) atoms. The predicted octanol–water partition coefficient (Wildman–Crippen LogP) is 4.67. The van der Waals surface area contributed by atoms with Crippen LogP contribution in [-0.2, 0) is 16.4 Å². The first kappa shape index (κ1) is 19.8. The number of nitrogens with zero attached hydrogens (tertiary/aromatic N) is 3. The van der Waals surface area contributed by atoms with Crippen LogP contribution in [-0.4, -0.2) is 34.7 Å². The Labute approximate surface area is 177 Å². The highest BCUT2D eigenvalue weighted by molar-refractivity contribution is 8.00. The van der Waals surface area contributed by atoms with Crippen LogP contribution in [0.4, 0.5) is 0 Å². The quantitative estimate of drug-likeness (QED) is 0.457. The number of halogens is 2. The zero-order chi connectivity index (χ0) is 19.7. The van der Waals surface area contributed by atoms with Gasteiger partial charge < -0.3 is 4.42 Å². The van der Waals surface area contributed by atoms with Crippen molar-refractivity contribution in [2.24, 2.45) is 0 Å². The van der Waals surface area contributed by atoms with Crippen molar-refractivity contribution in [3.63, 3.8) is 0 Å². The summed E-state index contributed by atoms with van der Waals surface area (Å²) in [6, 6.07) is 8.18. The lowest BCUT2D eigenvalue weighted by Gasteiger charge is -2.09. The Kier molecular flexibility index (Phi) is 5.73. The van der Waals surface area contributed by atoms with Gasteiger partial charge in [-0.05, 0) is 43.2 Å². The van der Waals surface area contributed by atoms with Crippen molar-refractivity contribution in [2.45, 2.75) is 35.4 Å². The van der Waals surface area contributed by atoms with Crippen LogP contribution in [0, 0.1) is 0 Å². The minimum atomic E-state index is -3.56. The molecule has 1 aromatic carbocycles. The van der Waals surface area contributed by atoms with E-state index >= 15 is 0 Å². The molecule has 0 amide bonds. The van der Waals surface area contributed by atoms with Crippen LogP contribution < -0.4 is 0 Å². The van der Waals surface area contributed by atoms with Crippen molar-refractivity contribution in [2.75, 3.05) is 11.5 Å². The summed E-state index contributed by atoms with van der Waals surface area (Å²) in [7, 11) is -3.56. The lowest BCUT2D eigenvalue weighted by atomic mass is 10.3. The van der Waals surface area contributed by atoms with Gasteiger partial charge >= 0.3 is 0 Å². The first-order valence-electron chi connectivity index (χ1n) is 8.70. The largest absolute Gasteiger partial charge is 0.467 e. The summed E-state index contributed by atoms with van der Waals surface area (Å²) in [6.07, 6.45) is 3.83. The first-order chi connectivity index (χ1) is 13.4. The smallest absolute Gasteiger partial charge is 0.191 e. The van der Waals surface area contributed by atoms with Crippen LogP contribution in [0.5, 0.6) is 0 Å². The highest BCUT2D eigenvalue weighted by Crippen LogP contribution is 2.40. The van der Waals surface area contributed by atoms with Gasteiger partial charge in [0.05, 0.1) is 28.5 Å². The Morgan fingerprint density at radius 3 is 2.75 bits per heavy atom. The maximum atomic E-state index is 12.6. The number of benzene rings is 1. The Morgan fingerprint density at radius 1 is 1.21 bits per heavy atom. The lowest BCUT2D eigenvalue weighted by molar-refractivity contribution is 0.478. The minimum absolute atomic E-state index is 0.0537. The van der Waals surface area contributed by atoms with E-state index in [2.05, 4.69) is 10.2 Å². The topological polar surface area (TPSA) is 78.0 Å². The van der Waals surface area contributed by atoms with E-state index in [1.807, 2.05) is 16.7 Å². The van der Waals surface area contributed by atoms with Crippen molar-refractivity contribution in [3.8, 4) is 0 Å². The van der Waals surface area contributed by atoms with Gasteiger partial charge in [0.1, 0.15) is 11.6 Å². The molecular formula is C18H17Cl2N3O3S2. The molecule has 1 aliphatic rings. The fourth-order valence-corrected chi connectivity index (χ4v) is 6.23. The molecule has 0 N–H and O–H groups in total. The molecule has 0 saturated heterocycles. The number of sulfone groups is 1. The van der Waals surface area contributed by atoms with Crippen molar-refractivity contribution in [1.82, 2.24) is 14.8 Å². The number of aromatic nitrogens is 3. The number of hydrogen-bond acceptors (Lipinski definition) is 6. The molecule has 4 rings (SSSR count). The molecule has 0 spiro atoms. The van der Waals surface area contributed by atoms with E-state index in [1.165, 1.54) is 23.9 Å². The van der Waals surface area contributed by atoms with Crippen molar-refractivity contribution < 1.29 is 12.8 Å². The number of furan rings is 1. The maximum Gasteiger partial charge on any atom is 0.191 e. The van der Waals surface area contributed by atoms with Gasteiger partial charge in [0.15, 0.2) is 15.0 Å². The third-order valence-corrected chi connectivity index (χ3v) is 8.05. The number of hydrogen-bond donors (Lipinski definition) is 0. The molecule has 0 radical (unpaired) electrons. The summed E-state index contributed by atoms with van der Waals surface area (Å²) in [5, 5.41) is 9.79. The lowest BCUT2D eigenvalue weighted by Crippen LogP contribution is -2.11. The normalized spacial score (nSPS) is 14.5. The average Bonchev–Trinajstić information content (AvgIpc) is 3.22. The van der Waals surface area contributed by atoms with E-state index in [0.717, 1.165) is 24.4 Å². The summed E-state index contributed by atoms with van der Waals surface area (Å²) in [6.45, 7) is 0.529. The standard InChI is InChI=1S/C18H17Cl2N3O3S2/c19-13-5-6-15(20)16(10-13)28(24,25)9-8-27-18-22-21-17(12-3-4-12)23(18)11-14-2-1-7-26-14/h1-2,5-7,10,12H,3-4,8-9,11H2. The molecule has 0 unspecified atom stereocenters. The fraction of sp³-hybridized carbons (Fsp3) is 0.333. The third kappa shape index (κ3) is 4.40. The number of thioether (sulfide) groups is 1. The second-order valence-corrected chi connectivity index (χ2v) is 10.5. The highest BCUT2D eigenvalue weighted by atomic mass is 35.5. The summed E-state index contributed by atoms with van der Waals surface area (Å²) < 4.78 is 32.8. The monoisotopic (exact) mass is 457 g/mol. The van der Waals surface area contributed by atoms with Crippen LogP contribution in [0.3, 0.4) is 0 Å². The molecule has 1 fully saturated rings. The van der Waals surface area contributed by atoms with Gasteiger partial charge in [-0.1, -0.05) is 35.0 Å². The molecule has 2 heterocycles. The molecule has 0 aliphatic heterocycles. The molecule has 3 aromatic rings. The van der Waals surface area contributed by atoms with Gasteiger partial charge in [0, 0.05) is 16.7 Å². The zero-order valence-corrected chi connectivity index (χ0v) is 17.9. The zero-order valence-electron chi connectivity index (χ0n) is 14.7. The van der Waals surface area contributed by atoms with E-state index in [4.69, 9.17) is 27.6 Å². The van der Waals surface area contributed by atoms with E-state index in [1.54, 1.807) is 12.3 Å². The molecule has 2 aromatic heterocycles. The molecule has 0 atom stereocenters. The third-order valence-electron chi connectivity index (χ3n) is 4.39. The second-order valence-electron chi connectivity index (χ2n) is 6.52. The van der Waals surface area contributed by atoms with Gasteiger partial charge in [-0.25, -0.2) is 8.42 Å². The SMILES string of the molecule is O=S(=O)(CCSc1nnc(C2CC2)n1Cc1ccco1)c1cc(Cl)ccc1Cl. The summed E-state index contributed by atoms with van der Waals surface area (Å²) in [5.74, 6) is 2.41. The van der Waals surface area contributed by atoms with Gasteiger partial charge in [0.25, 0.3) is 0 Å². The van der Waals surface area contributed by atoms with Gasteiger partial charge in [0.2, 0.25) is 0 Å². The Morgan fingerprint density at radius 2 is 2.04 bits per heavy atom. The summed E-state index contributed by atoms with van der Waals surface area (Å²) in [4.78, 5) is 0.0537. The van der Waals surface area contributed by atoms with Crippen LogP contribution in [0.2, 0.25) is 10.0 Å². The Bertz CT molecular complexity index is 1080. The highest BCUT2D eigenvalue weighted by Gasteiger charge is 2.31. The van der Waals surface area contributed by atoms with Crippen LogP contribution in [0.25, 0.3) is 0 Å². The van der Waals surface area contributed by atoms with E-state index in [0.29, 0.717) is 28.4 Å². The molecule has 1 saturated carbocycles. The van der Waals surface area contributed by atoms with Crippen molar-refractivity contribution in [1.29, 1.82) is 0 Å². The van der Waals surface area contributed by atoms with E-state index < -0.39 is 9.84 Å². The van der Waals surface area contributed by atoms with Crippen molar-refractivity contribution >= 4 is 44.8 Å². The minimum Gasteiger partial charge on any atom is -0.467 e. The molecule has 10 heteroatoms. The summed E-state index contributed by atoms with van der Waals surface area (Å²) in [5.41, 5.74) is 0. The average molecular weight is 458 g/mol. The molecular weight excluding hydrogens is 441 g/mol. The van der Waals surface area contributed by atoms with Crippen LogP contribution in [0.1, 0.15) is 30.3 Å². The maximum absolute atomic E-state index is 12.6. The molecule has 6 nitrogen and oxygen atoms in total. The fourth-order valence-electron chi connectivity index (χ4n) is 2.83. The second kappa shape index (κ2) is 8.10. The van der Waals surface area contributed by atoms with Gasteiger partial charge in [-0.3, -0.25) is 4.57 Å². The predicted molar refractivity (Wildman–Crippen MR) is 109 cm³/mol. The van der Waals surface area contributed by atoms with Crippen molar-refractivity contribution in [3.05, 3.63) is 58.2 Å². The van der Waals surface area contributed by atoms with Crippen LogP contribution >= 0.6 is 35.0 Å². The summed E-state index contributed by atoms with van der Waals surface area (Å²) >= 11 is 13.3. The van der Waals surface area contributed by atoms with Crippen LogP contribution in [0.15, 0.2) is 51.1 Å². The van der Waals surface area contributed by atoms with E-state index in [-0.39, 0.29) is 15.7 Å². The molecule has 0 bridgehead atoms. The Balaban J connectivity index is 1.48. The Hall–Kier alpha value is -1.48. The molecule has 1 aliphatic carbocycles. The molecule has 148 valence electrons. The first-order valence-corrected chi connectivity index (χ1v) is 12.1.